The standard InChI is InChI=1S/C14H16ClN3O/c15-13-5-2-12(3-6-13)4-7-14(19)16-9-11-18-10-1-8-17-18/h1-3,5-6,8,10H,4,7,9,11H2,(H,16,19). The first-order chi connectivity index (χ1) is 9.24. The van der Waals surface area contributed by atoms with Crippen molar-refractivity contribution >= 4 is 17.5 Å². The van der Waals surface area contributed by atoms with Crippen LogP contribution < -0.4 is 5.32 Å². The number of carbonyl (C=O) groups excluding carboxylic acids is 1. The van der Waals surface area contributed by atoms with Crippen LogP contribution in [-0.4, -0.2) is 22.2 Å². The Balaban J connectivity index is 1.65. The van der Waals surface area contributed by atoms with E-state index in [1.165, 1.54) is 0 Å². The normalized spacial score (nSPS) is 10.4. The molecule has 1 heterocycles. The van der Waals surface area contributed by atoms with Gasteiger partial charge in [0.25, 0.3) is 0 Å². The molecule has 0 unspecified atom stereocenters. The van der Waals surface area contributed by atoms with Crippen LogP contribution in [-0.2, 0) is 17.8 Å². The summed E-state index contributed by atoms with van der Waals surface area (Å²) in [7, 11) is 0. The van der Waals surface area contributed by atoms with Gasteiger partial charge in [-0.1, -0.05) is 23.7 Å². The van der Waals surface area contributed by atoms with Crippen molar-refractivity contribution in [3.63, 3.8) is 0 Å². The predicted molar refractivity (Wildman–Crippen MR) is 75.0 cm³/mol. The average Bonchev–Trinajstić information content (AvgIpc) is 2.91. The summed E-state index contributed by atoms with van der Waals surface area (Å²) in [4.78, 5) is 11.6. The van der Waals surface area contributed by atoms with Crippen LogP contribution in [0.1, 0.15) is 12.0 Å². The van der Waals surface area contributed by atoms with Gasteiger partial charge < -0.3 is 5.32 Å². The Kier molecular flexibility index (Phi) is 4.98. The molecule has 0 radical (unpaired) electrons. The number of benzene rings is 1. The van der Waals surface area contributed by atoms with Gasteiger partial charge in [0.15, 0.2) is 0 Å². The first kappa shape index (κ1) is 13.6. The lowest BCUT2D eigenvalue weighted by atomic mass is 10.1. The molecule has 100 valence electrons. The molecule has 0 bridgehead atoms. The summed E-state index contributed by atoms with van der Waals surface area (Å²) in [5.41, 5.74) is 1.12. The summed E-state index contributed by atoms with van der Waals surface area (Å²) < 4.78 is 1.79. The number of aromatic nitrogens is 2. The van der Waals surface area contributed by atoms with E-state index in [-0.39, 0.29) is 5.91 Å². The molecule has 1 aromatic heterocycles. The SMILES string of the molecule is O=C(CCc1ccc(Cl)cc1)NCCn1cccn1. The quantitative estimate of drug-likeness (QED) is 0.881. The summed E-state index contributed by atoms with van der Waals surface area (Å²) in [5.74, 6) is 0.0575. The number of nitrogens with zero attached hydrogens (tertiary/aromatic N) is 2. The van der Waals surface area contributed by atoms with Crippen LogP contribution in [0.4, 0.5) is 0 Å². The monoisotopic (exact) mass is 277 g/mol. The Morgan fingerprint density at radius 1 is 1.32 bits per heavy atom. The molecule has 0 fully saturated rings. The second-order valence-electron chi connectivity index (χ2n) is 4.25. The van der Waals surface area contributed by atoms with Crippen LogP contribution in [0.15, 0.2) is 42.7 Å². The smallest absolute Gasteiger partial charge is 0.220 e. The second-order valence-corrected chi connectivity index (χ2v) is 4.68. The Bertz CT molecular complexity index is 508. The molecule has 0 aliphatic heterocycles. The van der Waals surface area contributed by atoms with Gasteiger partial charge >= 0.3 is 0 Å². The maximum Gasteiger partial charge on any atom is 0.220 e. The van der Waals surface area contributed by atoms with Crippen molar-refractivity contribution in [1.82, 2.24) is 15.1 Å². The highest BCUT2D eigenvalue weighted by atomic mass is 35.5. The molecule has 2 rings (SSSR count). The molecule has 19 heavy (non-hydrogen) atoms. The van der Waals surface area contributed by atoms with E-state index < -0.39 is 0 Å². The molecule has 4 nitrogen and oxygen atoms in total. The minimum absolute atomic E-state index is 0.0575. The second kappa shape index (κ2) is 6.95. The molecular weight excluding hydrogens is 262 g/mol. The number of aryl methyl sites for hydroxylation is 1. The molecule has 5 heteroatoms. The van der Waals surface area contributed by atoms with Crippen molar-refractivity contribution in [3.8, 4) is 0 Å². The van der Waals surface area contributed by atoms with Gasteiger partial charge in [0, 0.05) is 30.4 Å². The Morgan fingerprint density at radius 2 is 2.11 bits per heavy atom. The van der Waals surface area contributed by atoms with Crippen molar-refractivity contribution < 1.29 is 4.79 Å². The van der Waals surface area contributed by atoms with Gasteiger partial charge in [-0.05, 0) is 30.2 Å². The number of halogens is 1. The minimum atomic E-state index is 0.0575. The summed E-state index contributed by atoms with van der Waals surface area (Å²) >= 11 is 5.80. The highest BCUT2D eigenvalue weighted by Gasteiger charge is 2.02. The Labute approximate surface area is 117 Å². The van der Waals surface area contributed by atoms with Crippen LogP contribution >= 0.6 is 11.6 Å². The summed E-state index contributed by atoms with van der Waals surface area (Å²) in [6.07, 6.45) is 4.81. The lowest BCUT2D eigenvalue weighted by molar-refractivity contribution is -0.121. The van der Waals surface area contributed by atoms with E-state index >= 15 is 0 Å². The van der Waals surface area contributed by atoms with E-state index in [2.05, 4.69) is 10.4 Å². The number of carbonyl (C=O) groups is 1. The zero-order valence-electron chi connectivity index (χ0n) is 10.6. The minimum Gasteiger partial charge on any atom is -0.354 e. The maximum atomic E-state index is 11.6. The number of nitrogens with one attached hydrogen (secondary N) is 1. The third-order valence-corrected chi connectivity index (χ3v) is 3.03. The zero-order valence-corrected chi connectivity index (χ0v) is 11.3. The van der Waals surface area contributed by atoms with Gasteiger partial charge in [-0.2, -0.15) is 5.10 Å². The fraction of sp³-hybridized carbons (Fsp3) is 0.286. The predicted octanol–water partition coefficient (Wildman–Crippen LogP) is 2.29. The van der Waals surface area contributed by atoms with Crippen LogP contribution in [0.2, 0.25) is 5.02 Å². The molecule has 1 amide bonds. The largest absolute Gasteiger partial charge is 0.354 e. The van der Waals surface area contributed by atoms with Crippen molar-refractivity contribution in [1.29, 1.82) is 0 Å². The molecule has 1 aromatic carbocycles. The number of hydrogen-bond acceptors (Lipinski definition) is 2. The molecule has 0 spiro atoms. The van der Waals surface area contributed by atoms with Crippen LogP contribution in [0, 0.1) is 0 Å². The molecule has 0 aliphatic carbocycles. The van der Waals surface area contributed by atoms with E-state index in [9.17, 15) is 4.79 Å². The Hall–Kier alpha value is -1.81. The summed E-state index contributed by atoms with van der Waals surface area (Å²) in [6, 6.07) is 9.43. The molecule has 0 aliphatic rings. The molecule has 0 atom stereocenters. The van der Waals surface area contributed by atoms with E-state index in [4.69, 9.17) is 11.6 Å². The number of amides is 1. The van der Waals surface area contributed by atoms with Crippen molar-refractivity contribution in [2.24, 2.45) is 0 Å². The molecule has 0 saturated carbocycles. The highest BCUT2D eigenvalue weighted by Crippen LogP contribution is 2.10. The molecule has 2 aromatic rings. The van der Waals surface area contributed by atoms with E-state index in [0.29, 0.717) is 24.5 Å². The van der Waals surface area contributed by atoms with Crippen molar-refractivity contribution in [3.05, 3.63) is 53.3 Å². The number of rotatable bonds is 6. The zero-order chi connectivity index (χ0) is 13.5. The average molecular weight is 278 g/mol. The van der Waals surface area contributed by atoms with Gasteiger partial charge in [-0.15, -0.1) is 0 Å². The van der Waals surface area contributed by atoms with Gasteiger partial charge in [0.1, 0.15) is 0 Å². The van der Waals surface area contributed by atoms with Gasteiger partial charge in [0.2, 0.25) is 5.91 Å². The molecule has 0 saturated heterocycles. The van der Waals surface area contributed by atoms with E-state index in [1.807, 2.05) is 36.5 Å². The summed E-state index contributed by atoms with van der Waals surface area (Å²) in [6.45, 7) is 1.29. The van der Waals surface area contributed by atoms with Crippen molar-refractivity contribution in [2.75, 3.05) is 6.54 Å². The third kappa shape index (κ3) is 4.75. The highest BCUT2D eigenvalue weighted by molar-refractivity contribution is 6.30. The van der Waals surface area contributed by atoms with E-state index in [1.54, 1.807) is 10.9 Å². The third-order valence-electron chi connectivity index (χ3n) is 2.78. The van der Waals surface area contributed by atoms with E-state index in [0.717, 1.165) is 12.0 Å². The lowest BCUT2D eigenvalue weighted by Gasteiger charge is -2.05. The Morgan fingerprint density at radius 3 is 2.79 bits per heavy atom. The van der Waals surface area contributed by atoms with Crippen LogP contribution in [0.25, 0.3) is 0 Å². The number of hydrogen-bond donors (Lipinski definition) is 1. The molecule has 1 N–H and O–H groups in total. The molecular formula is C14H16ClN3O. The fourth-order valence-electron chi connectivity index (χ4n) is 1.74. The maximum absolute atomic E-state index is 11.6. The topological polar surface area (TPSA) is 46.9 Å². The summed E-state index contributed by atoms with van der Waals surface area (Å²) in [5, 5.41) is 7.66. The van der Waals surface area contributed by atoms with Crippen LogP contribution in [0.3, 0.4) is 0 Å². The first-order valence-electron chi connectivity index (χ1n) is 6.22. The van der Waals surface area contributed by atoms with Crippen LogP contribution in [0.5, 0.6) is 0 Å². The lowest BCUT2D eigenvalue weighted by Crippen LogP contribution is -2.27. The van der Waals surface area contributed by atoms with Gasteiger partial charge in [0.05, 0.1) is 6.54 Å². The van der Waals surface area contributed by atoms with Gasteiger partial charge in [-0.25, -0.2) is 0 Å². The fourth-order valence-corrected chi connectivity index (χ4v) is 1.87. The first-order valence-corrected chi connectivity index (χ1v) is 6.60. The van der Waals surface area contributed by atoms with Gasteiger partial charge in [-0.3, -0.25) is 9.48 Å². The van der Waals surface area contributed by atoms with Crippen molar-refractivity contribution in [2.45, 2.75) is 19.4 Å².